The summed E-state index contributed by atoms with van der Waals surface area (Å²) in [5.74, 6) is 3.30. The van der Waals surface area contributed by atoms with Crippen LogP contribution in [0.5, 0.6) is 11.5 Å². The van der Waals surface area contributed by atoms with Crippen molar-refractivity contribution in [1.29, 1.82) is 0 Å². The van der Waals surface area contributed by atoms with Gasteiger partial charge in [-0.05, 0) is 69.2 Å². The zero-order valence-electron chi connectivity index (χ0n) is 21.2. The molecule has 0 fully saturated rings. The molecule has 1 atom stereocenters. The first kappa shape index (κ1) is 26.0. The molecule has 1 aliphatic rings. The lowest BCUT2D eigenvalue weighted by Crippen LogP contribution is -2.40. The quantitative estimate of drug-likeness (QED) is 0.338. The van der Waals surface area contributed by atoms with E-state index in [-0.39, 0.29) is 18.3 Å². The Balaban J connectivity index is 1.83. The van der Waals surface area contributed by atoms with Gasteiger partial charge in [0.05, 0.1) is 34.6 Å². The highest BCUT2D eigenvalue weighted by atomic mass is 32.1. The Bertz CT molecular complexity index is 1540. The largest absolute Gasteiger partial charge is 0.494 e. The number of benzene rings is 2. The maximum absolute atomic E-state index is 13.7. The van der Waals surface area contributed by atoms with Crippen LogP contribution in [0.25, 0.3) is 6.08 Å². The predicted octanol–water partition coefficient (Wildman–Crippen LogP) is 3.60. The predicted molar refractivity (Wildman–Crippen MR) is 143 cm³/mol. The molecule has 37 heavy (non-hydrogen) atoms. The Morgan fingerprint density at radius 2 is 1.78 bits per heavy atom. The average Bonchev–Trinajstić information content (AvgIpc) is 3.17. The van der Waals surface area contributed by atoms with Gasteiger partial charge < -0.3 is 14.2 Å². The van der Waals surface area contributed by atoms with E-state index in [1.807, 2.05) is 43.3 Å². The van der Waals surface area contributed by atoms with E-state index in [9.17, 15) is 9.59 Å². The van der Waals surface area contributed by atoms with Crippen molar-refractivity contribution in [2.24, 2.45) is 4.99 Å². The number of terminal acetylenes is 1. The fourth-order valence-electron chi connectivity index (χ4n) is 4.03. The molecule has 1 aromatic heterocycles. The van der Waals surface area contributed by atoms with Gasteiger partial charge in [0.1, 0.15) is 18.1 Å². The standard InChI is InChI=1S/C29H28N2O5S/c1-6-16-35-23-12-8-20(9-13-23)17-24-27(32)31-26(21-10-14-22(15-11-21)34-7-2)25(28(33)36-18(3)4)19(5)30-29(31)37-24/h1,8-15,17-18,26H,7,16H2,2-5H3/b24-17+/t26-/m1/s1. The van der Waals surface area contributed by atoms with E-state index in [1.165, 1.54) is 11.3 Å². The minimum absolute atomic E-state index is 0.185. The van der Waals surface area contributed by atoms with Crippen molar-refractivity contribution in [2.75, 3.05) is 13.2 Å². The third-order valence-electron chi connectivity index (χ3n) is 5.59. The van der Waals surface area contributed by atoms with E-state index in [1.54, 1.807) is 43.5 Å². The number of hydrogen-bond acceptors (Lipinski definition) is 7. The summed E-state index contributed by atoms with van der Waals surface area (Å²) in [6.07, 6.45) is 6.73. The van der Waals surface area contributed by atoms with Crippen molar-refractivity contribution >= 4 is 23.4 Å². The summed E-state index contributed by atoms with van der Waals surface area (Å²) in [6, 6.07) is 14.0. The summed E-state index contributed by atoms with van der Waals surface area (Å²) in [4.78, 5) is 32.0. The van der Waals surface area contributed by atoms with E-state index in [0.717, 1.165) is 11.1 Å². The lowest BCUT2D eigenvalue weighted by molar-refractivity contribution is -0.143. The number of esters is 1. The molecular weight excluding hydrogens is 488 g/mol. The molecule has 0 amide bonds. The molecule has 190 valence electrons. The Morgan fingerprint density at radius 1 is 1.14 bits per heavy atom. The van der Waals surface area contributed by atoms with Gasteiger partial charge in [0.25, 0.3) is 5.56 Å². The summed E-state index contributed by atoms with van der Waals surface area (Å²) in [6.45, 7) is 7.98. The molecule has 0 aliphatic carbocycles. The molecule has 0 radical (unpaired) electrons. The van der Waals surface area contributed by atoms with Gasteiger partial charge in [0.2, 0.25) is 0 Å². The zero-order chi connectivity index (χ0) is 26.5. The molecule has 0 saturated carbocycles. The molecule has 0 unspecified atom stereocenters. The SMILES string of the molecule is C#CCOc1ccc(/C=c2/sc3n(c2=O)[C@H](c2ccc(OCC)cc2)C(C(=O)OC(C)C)=C(C)N=3)cc1. The number of allylic oxidation sites excluding steroid dienone is 1. The van der Waals surface area contributed by atoms with E-state index in [2.05, 4.69) is 10.9 Å². The van der Waals surface area contributed by atoms with Crippen molar-refractivity contribution in [2.45, 2.75) is 39.8 Å². The van der Waals surface area contributed by atoms with Crippen LogP contribution in [-0.2, 0) is 9.53 Å². The fraction of sp³-hybridized carbons (Fsp3) is 0.276. The van der Waals surface area contributed by atoms with Crippen LogP contribution in [-0.4, -0.2) is 29.9 Å². The van der Waals surface area contributed by atoms with Crippen molar-refractivity contribution in [3.05, 3.63) is 90.6 Å². The topological polar surface area (TPSA) is 79.1 Å². The van der Waals surface area contributed by atoms with Crippen LogP contribution in [0.2, 0.25) is 0 Å². The zero-order valence-corrected chi connectivity index (χ0v) is 22.0. The normalized spacial score (nSPS) is 15.1. The van der Waals surface area contributed by atoms with Crippen LogP contribution in [0.3, 0.4) is 0 Å². The molecule has 0 saturated heterocycles. The summed E-state index contributed by atoms with van der Waals surface area (Å²) < 4.78 is 18.6. The third-order valence-corrected chi connectivity index (χ3v) is 6.57. The molecule has 0 spiro atoms. The minimum Gasteiger partial charge on any atom is -0.494 e. The number of fused-ring (bicyclic) bond motifs is 1. The van der Waals surface area contributed by atoms with Gasteiger partial charge in [0, 0.05) is 0 Å². The van der Waals surface area contributed by atoms with Gasteiger partial charge in [-0.2, -0.15) is 0 Å². The lowest BCUT2D eigenvalue weighted by Gasteiger charge is -2.25. The molecule has 0 bridgehead atoms. The van der Waals surface area contributed by atoms with E-state index in [0.29, 0.717) is 38.7 Å². The Morgan fingerprint density at radius 3 is 2.41 bits per heavy atom. The maximum Gasteiger partial charge on any atom is 0.338 e. The van der Waals surface area contributed by atoms with Crippen molar-refractivity contribution < 1.29 is 19.0 Å². The summed E-state index contributed by atoms with van der Waals surface area (Å²) in [7, 11) is 0. The van der Waals surface area contributed by atoms with E-state index < -0.39 is 12.0 Å². The number of carbonyl (C=O) groups is 1. The molecule has 8 heteroatoms. The van der Waals surface area contributed by atoms with Crippen LogP contribution < -0.4 is 24.4 Å². The van der Waals surface area contributed by atoms with Gasteiger partial charge in [0.15, 0.2) is 4.80 Å². The second kappa shape index (κ2) is 11.3. The number of ether oxygens (including phenoxy) is 3. The summed E-state index contributed by atoms with van der Waals surface area (Å²) in [5, 5.41) is 0. The summed E-state index contributed by atoms with van der Waals surface area (Å²) >= 11 is 1.28. The van der Waals surface area contributed by atoms with Crippen molar-refractivity contribution in [3.8, 4) is 23.8 Å². The second-order valence-electron chi connectivity index (χ2n) is 8.60. The highest BCUT2D eigenvalue weighted by molar-refractivity contribution is 7.07. The molecule has 1 aliphatic heterocycles. The van der Waals surface area contributed by atoms with Crippen LogP contribution in [0.15, 0.2) is 69.6 Å². The maximum atomic E-state index is 13.7. The monoisotopic (exact) mass is 516 g/mol. The van der Waals surface area contributed by atoms with Crippen LogP contribution in [0, 0.1) is 12.3 Å². The molecule has 0 N–H and O–H groups in total. The highest BCUT2D eigenvalue weighted by Crippen LogP contribution is 2.32. The lowest BCUT2D eigenvalue weighted by atomic mass is 9.96. The van der Waals surface area contributed by atoms with Gasteiger partial charge in [-0.25, -0.2) is 9.79 Å². The molecular formula is C29H28N2O5S. The minimum atomic E-state index is -0.681. The van der Waals surface area contributed by atoms with Gasteiger partial charge in [-0.3, -0.25) is 9.36 Å². The average molecular weight is 517 g/mol. The first-order valence-corrected chi connectivity index (χ1v) is 12.8. The smallest absolute Gasteiger partial charge is 0.338 e. The van der Waals surface area contributed by atoms with Gasteiger partial charge in [-0.15, -0.1) is 6.42 Å². The fourth-order valence-corrected chi connectivity index (χ4v) is 5.07. The number of hydrogen-bond donors (Lipinski definition) is 0. The Kier molecular flexibility index (Phi) is 7.95. The first-order valence-electron chi connectivity index (χ1n) is 11.9. The van der Waals surface area contributed by atoms with Gasteiger partial charge >= 0.3 is 5.97 Å². The molecule has 7 nitrogen and oxygen atoms in total. The number of rotatable bonds is 8. The van der Waals surface area contributed by atoms with E-state index >= 15 is 0 Å². The van der Waals surface area contributed by atoms with Crippen LogP contribution in [0.4, 0.5) is 0 Å². The number of aromatic nitrogens is 1. The highest BCUT2D eigenvalue weighted by Gasteiger charge is 2.33. The third kappa shape index (κ3) is 5.68. The number of carbonyl (C=O) groups excluding carboxylic acids is 1. The van der Waals surface area contributed by atoms with E-state index in [4.69, 9.17) is 20.6 Å². The molecule has 4 rings (SSSR count). The van der Waals surface area contributed by atoms with Gasteiger partial charge in [-0.1, -0.05) is 41.5 Å². The Hall–Kier alpha value is -4.09. The summed E-state index contributed by atoms with van der Waals surface area (Å²) in [5.41, 5.74) is 2.21. The van der Waals surface area contributed by atoms with Crippen LogP contribution in [0.1, 0.15) is 44.9 Å². The van der Waals surface area contributed by atoms with Crippen molar-refractivity contribution in [3.63, 3.8) is 0 Å². The second-order valence-corrected chi connectivity index (χ2v) is 9.61. The van der Waals surface area contributed by atoms with Crippen molar-refractivity contribution in [1.82, 2.24) is 4.57 Å². The molecule has 3 aromatic rings. The van der Waals surface area contributed by atoms with Crippen LogP contribution >= 0.6 is 11.3 Å². The first-order chi connectivity index (χ1) is 17.8. The number of thiazole rings is 1. The molecule has 2 heterocycles. The molecule has 2 aromatic carbocycles. The number of nitrogens with zero attached hydrogens (tertiary/aromatic N) is 2. The Labute approximate surface area is 219 Å².